The third kappa shape index (κ3) is 3.44. The molecule has 0 aliphatic heterocycles. The highest BCUT2D eigenvalue weighted by Crippen LogP contribution is 2.16. The van der Waals surface area contributed by atoms with Gasteiger partial charge in [-0.25, -0.2) is 0 Å². The monoisotopic (exact) mass is 243 g/mol. The Morgan fingerprint density at radius 3 is 2.61 bits per heavy atom. The van der Waals surface area contributed by atoms with Crippen LogP contribution in [0.1, 0.15) is 25.8 Å². The fraction of sp³-hybridized carbons (Fsp3) is 0.400. The van der Waals surface area contributed by atoms with Crippen LogP contribution in [-0.2, 0) is 6.54 Å². The first-order valence-electron chi connectivity index (χ1n) is 6.59. The molecule has 0 saturated heterocycles. The summed E-state index contributed by atoms with van der Waals surface area (Å²) < 4.78 is 0. The van der Waals surface area contributed by atoms with Gasteiger partial charge in [-0.2, -0.15) is 5.10 Å². The van der Waals surface area contributed by atoms with E-state index in [9.17, 15) is 0 Å². The van der Waals surface area contributed by atoms with Crippen LogP contribution in [0.25, 0.3) is 11.3 Å². The van der Waals surface area contributed by atoms with E-state index in [2.05, 4.69) is 53.6 Å². The topological polar surface area (TPSA) is 40.7 Å². The van der Waals surface area contributed by atoms with Crippen molar-refractivity contribution in [1.29, 1.82) is 0 Å². The first-order valence-corrected chi connectivity index (χ1v) is 6.59. The summed E-state index contributed by atoms with van der Waals surface area (Å²) in [4.78, 5) is 0. The molecule has 1 unspecified atom stereocenters. The third-order valence-electron chi connectivity index (χ3n) is 3.28. The average Bonchev–Trinajstić information content (AvgIpc) is 2.93. The van der Waals surface area contributed by atoms with Crippen molar-refractivity contribution in [3.05, 3.63) is 42.1 Å². The van der Waals surface area contributed by atoms with Crippen LogP contribution in [0.4, 0.5) is 0 Å². The quantitative estimate of drug-likeness (QED) is 0.818. The standard InChI is InChI=1S/C15H21N3/c1-3-12(2)10-16-11-13-4-6-14(7-5-13)15-8-9-17-18-15/h4-9,12,16H,3,10-11H2,1-2H3,(H,17,18). The Hall–Kier alpha value is -1.61. The molecular formula is C15H21N3. The van der Waals surface area contributed by atoms with Gasteiger partial charge in [0.15, 0.2) is 0 Å². The third-order valence-corrected chi connectivity index (χ3v) is 3.28. The smallest absolute Gasteiger partial charge is 0.0650 e. The Bertz CT molecular complexity index is 445. The second-order valence-corrected chi connectivity index (χ2v) is 4.81. The van der Waals surface area contributed by atoms with E-state index < -0.39 is 0 Å². The zero-order valence-corrected chi connectivity index (χ0v) is 11.1. The van der Waals surface area contributed by atoms with Crippen molar-refractivity contribution in [2.75, 3.05) is 6.54 Å². The molecule has 0 amide bonds. The lowest BCUT2D eigenvalue weighted by Gasteiger charge is -2.10. The minimum Gasteiger partial charge on any atom is -0.312 e. The summed E-state index contributed by atoms with van der Waals surface area (Å²) in [6.45, 7) is 6.52. The summed E-state index contributed by atoms with van der Waals surface area (Å²) in [5.74, 6) is 0.745. The molecule has 1 aromatic heterocycles. The van der Waals surface area contributed by atoms with Crippen LogP contribution in [0, 0.1) is 5.92 Å². The molecule has 3 nitrogen and oxygen atoms in total. The van der Waals surface area contributed by atoms with E-state index in [4.69, 9.17) is 0 Å². The molecule has 0 aliphatic rings. The van der Waals surface area contributed by atoms with Crippen molar-refractivity contribution >= 4 is 0 Å². The van der Waals surface area contributed by atoms with Gasteiger partial charge in [0, 0.05) is 12.7 Å². The van der Waals surface area contributed by atoms with E-state index in [0.29, 0.717) is 0 Å². The van der Waals surface area contributed by atoms with E-state index in [1.54, 1.807) is 6.20 Å². The van der Waals surface area contributed by atoms with Crippen LogP contribution in [0.15, 0.2) is 36.5 Å². The van der Waals surface area contributed by atoms with Gasteiger partial charge in [0.2, 0.25) is 0 Å². The Kier molecular flexibility index (Phi) is 4.53. The lowest BCUT2D eigenvalue weighted by Crippen LogP contribution is -2.20. The molecule has 0 radical (unpaired) electrons. The highest BCUT2D eigenvalue weighted by Gasteiger charge is 2.00. The number of aromatic amines is 1. The van der Waals surface area contributed by atoms with Gasteiger partial charge in [-0.3, -0.25) is 5.10 Å². The molecule has 0 bridgehead atoms. The summed E-state index contributed by atoms with van der Waals surface area (Å²) in [6.07, 6.45) is 3.00. The molecule has 0 aliphatic carbocycles. The molecular weight excluding hydrogens is 222 g/mol. The Balaban J connectivity index is 1.88. The number of H-pyrrole nitrogens is 1. The minimum absolute atomic E-state index is 0.745. The number of benzene rings is 1. The number of nitrogens with one attached hydrogen (secondary N) is 2. The molecule has 1 heterocycles. The Morgan fingerprint density at radius 1 is 1.22 bits per heavy atom. The second-order valence-electron chi connectivity index (χ2n) is 4.81. The first-order chi connectivity index (χ1) is 8.79. The number of rotatable bonds is 6. The van der Waals surface area contributed by atoms with Crippen molar-refractivity contribution in [3.8, 4) is 11.3 Å². The highest BCUT2D eigenvalue weighted by atomic mass is 15.1. The number of hydrogen-bond acceptors (Lipinski definition) is 2. The predicted octanol–water partition coefficient (Wildman–Crippen LogP) is 3.21. The summed E-state index contributed by atoms with van der Waals surface area (Å²) >= 11 is 0. The van der Waals surface area contributed by atoms with Crippen molar-refractivity contribution < 1.29 is 0 Å². The Morgan fingerprint density at radius 2 is 2.00 bits per heavy atom. The van der Waals surface area contributed by atoms with E-state index in [0.717, 1.165) is 24.7 Å². The number of aromatic nitrogens is 2. The molecule has 0 fully saturated rings. The average molecular weight is 243 g/mol. The van der Waals surface area contributed by atoms with Gasteiger partial charge in [-0.1, -0.05) is 44.5 Å². The number of hydrogen-bond donors (Lipinski definition) is 2. The number of nitrogens with zero attached hydrogens (tertiary/aromatic N) is 1. The zero-order chi connectivity index (χ0) is 12.8. The van der Waals surface area contributed by atoms with Gasteiger partial charge in [0.1, 0.15) is 0 Å². The van der Waals surface area contributed by atoms with E-state index in [-0.39, 0.29) is 0 Å². The predicted molar refractivity (Wildman–Crippen MR) is 75.2 cm³/mol. The lowest BCUT2D eigenvalue weighted by atomic mass is 10.1. The largest absolute Gasteiger partial charge is 0.312 e. The van der Waals surface area contributed by atoms with Crippen LogP contribution >= 0.6 is 0 Å². The van der Waals surface area contributed by atoms with E-state index in [1.165, 1.54) is 17.5 Å². The molecule has 2 N–H and O–H groups in total. The van der Waals surface area contributed by atoms with Gasteiger partial charge in [-0.15, -0.1) is 0 Å². The molecule has 2 rings (SSSR count). The Labute approximate surface area is 109 Å². The molecule has 0 saturated carbocycles. The van der Waals surface area contributed by atoms with Gasteiger partial charge in [0.25, 0.3) is 0 Å². The fourth-order valence-electron chi connectivity index (χ4n) is 1.83. The molecule has 2 aromatic rings. The molecule has 18 heavy (non-hydrogen) atoms. The second kappa shape index (κ2) is 6.36. The van der Waals surface area contributed by atoms with E-state index >= 15 is 0 Å². The highest BCUT2D eigenvalue weighted by molar-refractivity contribution is 5.58. The molecule has 1 aromatic carbocycles. The molecule has 3 heteroatoms. The van der Waals surface area contributed by atoms with Crippen molar-refractivity contribution in [2.24, 2.45) is 5.92 Å². The maximum Gasteiger partial charge on any atom is 0.0650 e. The lowest BCUT2D eigenvalue weighted by molar-refractivity contribution is 0.500. The SMILES string of the molecule is CCC(C)CNCc1ccc(-c2ccn[nH]2)cc1. The molecule has 0 spiro atoms. The van der Waals surface area contributed by atoms with Crippen molar-refractivity contribution in [1.82, 2.24) is 15.5 Å². The normalized spacial score (nSPS) is 12.6. The van der Waals surface area contributed by atoms with Crippen LogP contribution < -0.4 is 5.32 Å². The van der Waals surface area contributed by atoms with E-state index in [1.807, 2.05) is 6.07 Å². The van der Waals surface area contributed by atoms with Crippen LogP contribution in [0.3, 0.4) is 0 Å². The zero-order valence-electron chi connectivity index (χ0n) is 11.1. The summed E-state index contributed by atoms with van der Waals surface area (Å²) in [6, 6.07) is 10.6. The minimum atomic E-state index is 0.745. The maximum absolute atomic E-state index is 3.96. The summed E-state index contributed by atoms with van der Waals surface area (Å²) in [5, 5.41) is 10.4. The van der Waals surface area contributed by atoms with Gasteiger partial charge in [-0.05, 0) is 29.7 Å². The van der Waals surface area contributed by atoms with Crippen LogP contribution in [0.5, 0.6) is 0 Å². The summed E-state index contributed by atoms with van der Waals surface area (Å²) in [7, 11) is 0. The van der Waals surface area contributed by atoms with Gasteiger partial charge in [0.05, 0.1) is 5.69 Å². The van der Waals surface area contributed by atoms with Crippen LogP contribution in [0.2, 0.25) is 0 Å². The fourth-order valence-corrected chi connectivity index (χ4v) is 1.83. The van der Waals surface area contributed by atoms with Gasteiger partial charge < -0.3 is 5.32 Å². The van der Waals surface area contributed by atoms with Crippen LogP contribution in [-0.4, -0.2) is 16.7 Å². The van der Waals surface area contributed by atoms with Crippen molar-refractivity contribution in [3.63, 3.8) is 0 Å². The first kappa shape index (κ1) is 12.8. The molecule has 1 atom stereocenters. The van der Waals surface area contributed by atoms with Crippen molar-refractivity contribution in [2.45, 2.75) is 26.8 Å². The maximum atomic E-state index is 3.96. The molecule has 96 valence electrons. The summed E-state index contributed by atoms with van der Waals surface area (Å²) in [5.41, 5.74) is 3.56. The van der Waals surface area contributed by atoms with Gasteiger partial charge >= 0.3 is 0 Å².